The SMILES string of the molecule is Cc1cc2c(cc3n2C[C@](C)(C(=O)NC2CCCCCC2)N(Cc2ccccc2Cl)C3=O)o1. The fourth-order valence-electron chi connectivity index (χ4n) is 5.27. The van der Waals surface area contributed by atoms with Crippen LogP contribution in [0.1, 0.15) is 67.3 Å². The highest BCUT2D eigenvalue weighted by molar-refractivity contribution is 6.31. The normalized spacial score (nSPS) is 21.8. The molecule has 6 nitrogen and oxygen atoms in total. The van der Waals surface area contributed by atoms with Crippen molar-refractivity contribution >= 4 is 34.5 Å². The van der Waals surface area contributed by atoms with E-state index in [0.29, 0.717) is 22.8 Å². The number of amides is 2. The maximum absolute atomic E-state index is 13.8. The molecule has 2 aromatic heterocycles. The molecule has 2 aliphatic rings. The van der Waals surface area contributed by atoms with Crippen molar-refractivity contribution in [3.05, 3.63) is 58.4 Å². The minimum atomic E-state index is -1.06. The van der Waals surface area contributed by atoms with Crippen molar-refractivity contribution in [3.63, 3.8) is 0 Å². The number of halogens is 1. The topological polar surface area (TPSA) is 67.5 Å². The Kier molecular flexibility index (Phi) is 5.73. The van der Waals surface area contributed by atoms with Gasteiger partial charge in [0.2, 0.25) is 5.91 Å². The Labute approximate surface area is 198 Å². The van der Waals surface area contributed by atoms with E-state index in [1.54, 1.807) is 11.0 Å². The van der Waals surface area contributed by atoms with Crippen LogP contribution in [-0.4, -0.2) is 32.9 Å². The molecule has 1 aliphatic carbocycles. The second kappa shape index (κ2) is 8.56. The van der Waals surface area contributed by atoms with E-state index < -0.39 is 5.54 Å². The molecule has 1 atom stereocenters. The molecule has 1 aromatic carbocycles. The zero-order chi connectivity index (χ0) is 23.2. The highest BCUT2D eigenvalue weighted by Crippen LogP contribution is 2.35. The van der Waals surface area contributed by atoms with Gasteiger partial charge in [0.1, 0.15) is 17.0 Å². The summed E-state index contributed by atoms with van der Waals surface area (Å²) in [6.07, 6.45) is 6.65. The number of carbonyl (C=O) groups excluding carboxylic acids is 2. The summed E-state index contributed by atoms with van der Waals surface area (Å²) in [4.78, 5) is 29.3. The van der Waals surface area contributed by atoms with Crippen LogP contribution in [0.25, 0.3) is 11.1 Å². The van der Waals surface area contributed by atoms with Gasteiger partial charge in [-0.25, -0.2) is 0 Å². The fourth-order valence-corrected chi connectivity index (χ4v) is 5.47. The average Bonchev–Trinajstić information content (AvgIpc) is 3.17. The number of nitrogens with zero attached hydrogens (tertiary/aromatic N) is 2. The molecule has 0 saturated heterocycles. The Morgan fingerprint density at radius 2 is 1.91 bits per heavy atom. The highest BCUT2D eigenvalue weighted by Gasteiger charge is 2.48. The molecule has 0 spiro atoms. The molecular formula is C26H30ClN3O3. The molecule has 33 heavy (non-hydrogen) atoms. The summed E-state index contributed by atoms with van der Waals surface area (Å²) in [6.45, 7) is 4.38. The van der Waals surface area contributed by atoms with E-state index in [2.05, 4.69) is 5.32 Å². The van der Waals surface area contributed by atoms with Crippen LogP contribution in [0.15, 0.2) is 40.8 Å². The van der Waals surface area contributed by atoms with Crippen molar-refractivity contribution < 1.29 is 14.0 Å². The van der Waals surface area contributed by atoms with Crippen LogP contribution in [0.3, 0.4) is 0 Å². The monoisotopic (exact) mass is 467 g/mol. The first-order valence-corrected chi connectivity index (χ1v) is 12.2. The van der Waals surface area contributed by atoms with Gasteiger partial charge in [0.15, 0.2) is 5.58 Å². The van der Waals surface area contributed by atoms with Crippen LogP contribution in [0.4, 0.5) is 0 Å². The van der Waals surface area contributed by atoms with Gasteiger partial charge in [-0.1, -0.05) is 55.5 Å². The summed E-state index contributed by atoms with van der Waals surface area (Å²) in [6, 6.07) is 11.3. The zero-order valence-electron chi connectivity index (χ0n) is 19.2. The van der Waals surface area contributed by atoms with Crippen molar-refractivity contribution in [1.82, 2.24) is 14.8 Å². The Balaban J connectivity index is 1.54. The molecule has 174 valence electrons. The van der Waals surface area contributed by atoms with Crippen molar-refractivity contribution in [3.8, 4) is 0 Å². The van der Waals surface area contributed by atoms with Crippen molar-refractivity contribution in [2.24, 2.45) is 0 Å². The summed E-state index contributed by atoms with van der Waals surface area (Å²) >= 11 is 6.44. The first kappa shape index (κ1) is 22.1. The van der Waals surface area contributed by atoms with E-state index >= 15 is 0 Å². The average molecular weight is 468 g/mol. The number of furan rings is 1. The maximum atomic E-state index is 13.8. The van der Waals surface area contributed by atoms with Gasteiger partial charge in [0.25, 0.3) is 5.91 Å². The van der Waals surface area contributed by atoms with Gasteiger partial charge < -0.3 is 19.2 Å². The Morgan fingerprint density at radius 3 is 2.64 bits per heavy atom. The lowest BCUT2D eigenvalue weighted by atomic mass is 9.93. The molecule has 1 aliphatic heterocycles. The number of carbonyl (C=O) groups is 2. The molecule has 1 saturated carbocycles. The summed E-state index contributed by atoms with van der Waals surface area (Å²) in [5.74, 6) is 0.483. The summed E-state index contributed by atoms with van der Waals surface area (Å²) in [7, 11) is 0. The number of benzene rings is 1. The minimum absolute atomic E-state index is 0.109. The predicted molar refractivity (Wildman–Crippen MR) is 128 cm³/mol. The third-order valence-electron chi connectivity index (χ3n) is 7.20. The second-order valence-corrected chi connectivity index (χ2v) is 10.0. The van der Waals surface area contributed by atoms with Crippen molar-refractivity contribution in [2.45, 2.75) is 77.0 Å². The molecular weight excluding hydrogens is 438 g/mol. The number of aromatic nitrogens is 1. The van der Waals surface area contributed by atoms with E-state index in [4.69, 9.17) is 16.0 Å². The predicted octanol–water partition coefficient (Wildman–Crippen LogP) is 5.45. The number of aryl methyl sites for hydroxylation is 1. The number of rotatable bonds is 4. The van der Waals surface area contributed by atoms with E-state index in [1.807, 2.05) is 48.7 Å². The molecule has 0 unspecified atom stereocenters. The smallest absolute Gasteiger partial charge is 0.271 e. The first-order valence-electron chi connectivity index (χ1n) is 11.8. The van der Waals surface area contributed by atoms with Crippen LogP contribution in [0, 0.1) is 6.92 Å². The molecule has 1 fully saturated rings. The maximum Gasteiger partial charge on any atom is 0.271 e. The fraction of sp³-hybridized carbons (Fsp3) is 0.462. The Bertz CT molecular complexity index is 1200. The molecule has 0 radical (unpaired) electrons. The van der Waals surface area contributed by atoms with Crippen molar-refractivity contribution in [1.29, 1.82) is 0 Å². The Hall–Kier alpha value is -2.73. The van der Waals surface area contributed by atoms with Crippen molar-refractivity contribution in [2.75, 3.05) is 0 Å². The summed E-state index contributed by atoms with van der Waals surface area (Å²) < 4.78 is 7.73. The molecule has 3 aromatic rings. The third kappa shape index (κ3) is 3.95. The van der Waals surface area contributed by atoms with E-state index in [1.165, 1.54) is 12.8 Å². The number of nitrogens with one attached hydrogen (secondary N) is 1. The van der Waals surface area contributed by atoms with E-state index in [9.17, 15) is 9.59 Å². The van der Waals surface area contributed by atoms with E-state index in [-0.39, 0.29) is 24.4 Å². The molecule has 1 N–H and O–H groups in total. The lowest BCUT2D eigenvalue weighted by molar-refractivity contribution is -0.134. The number of hydrogen-bond acceptors (Lipinski definition) is 3. The summed E-state index contributed by atoms with van der Waals surface area (Å²) in [5.41, 5.74) is 1.81. The first-order chi connectivity index (χ1) is 15.9. The van der Waals surface area contributed by atoms with Gasteiger partial charge in [-0.3, -0.25) is 9.59 Å². The molecule has 2 amide bonds. The third-order valence-corrected chi connectivity index (χ3v) is 7.57. The van der Waals surface area contributed by atoms with Crippen LogP contribution >= 0.6 is 11.6 Å². The van der Waals surface area contributed by atoms with Gasteiger partial charge in [-0.15, -0.1) is 0 Å². The van der Waals surface area contributed by atoms with Crippen LogP contribution < -0.4 is 5.32 Å². The highest BCUT2D eigenvalue weighted by atomic mass is 35.5. The van der Waals surface area contributed by atoms with Gasteiger partial charge in [0.05, 0.1) is 12.1 Å². The summed E-state index contributed by atoms with van der Waals surface area (Å²) in [5, 5.41) is 3.88. The molecule has 5 rings (SSSR count). The standard InChI is InChI=1S/C26H30ClN3O3/c1-17-13-21-23(33-17)14-22-24(31)30(15-18-9-7-8-12-20(18)27)26(2,16-29(21)22)25(32)28-19-10-5-3-4-6-11-19/h7-9,12-14,19H,3-6,10-11,15-16H2,1-2H3,(H,28,32)/t26-/m1/s1. The van der Waals surface area contributed by atoms with E-state index in [0.717, 1.165) is 42.5 Å². The Morgan fingerprint density at radius 1 is 1.18 bits per heavy atom. The molecule has 7 heteroatoms. The largest absolute Gasteiger partial charge is 0.460 e. The molecule has 0 bridgehead atoms. The van der Waals surface area contributed by atoms with Gasteiger partial charge >= 0.3 is 0 Å². The van der Waals surface area contributed by atoms with Crippen LogP contribution in [-0.2, 0) is 17.9 Å². The van der Waals surface area contributed by atoms with Crippen LogP contribution in [0.2, 0.25) is 5.02 Å². The minimum Gasteiger partial charge on any atom is -0.460 e. The van der Waals surface area contributed by atoms with Gasteiger partial charge in [-0.05, 0) is 38.3 Å². The van der Waals surface area contributed by atoms with Gasteiger partial charge in [0, 0.05) is 29.7 Å². The zero-order valence-corrected chi connectivity index (χ0v) is 20.0. The lowest BCUT2D eigenvalue weighted by Crippen LogP contribution is -2.64. The van der Waals surface area contributed by atoms with Crippen LogP contribution in [0.5, 0.6) is 0 Å². The lowest BCUT2D eigenvalue weighted by Gasteiger charge is -2.44. The molecule has 3 heterocycles. The van der Waals surface area contributed by atoms with Gasteiger partial charge in [-0.2, -0.15) is 0 Å². The number of hydrogen-bond donors (Lipinski definition) is 1. The number of fused-ring (bicyclic) bond motifs is 3. The second-order valence-electron chi connectivity index (χ2n) is 9.64. The quantitative estimate of drug-likeness (QED) is 0.519.